The fourth-order valence-electron chi connectivity index (χ4n) is 3.19. The van der Waals surface area contributed by atoms with E-state index in [-0.39, 0.29) is 0 Å². The minimum Gasteiger partial charge on any atom is -0.353 e. The molecule has 0 aromatic carbocycles. The van der Waals surface area contributed by atoms with Gasteiger partial charge in [-0.2, -0.15) is 0 Å². The van der Waals surface area contributed by atoms with Crippen molar-refractivity contribution in [3.63, 3.8) is 0 Å². The Hall–Kier alpha value is -1.13. The molecular formula is C14H22N4. The lowest BCUT2D eigenvalue weighted by atomic mass is 10.1. The van der Waals surface area contributed by atoms with Gasteiger partial charge in [0, 0.05) is 43.5 Å². The Morgan fingerprint density at radius 1 is 1.33 bits per heavy atom. The lowest BCUT2D eigenvalue weighted by molar-refractivity contribution is 0.230. The number of pyridine rings is 1. The first-order valence-electron chi connectivity index (χ1n) is 6.93. The van der Waals surface area contributed by atoms with Gasteiger partial charge in [-0.3, -0.25) is 4.90 Å². The van der Waals surface area contributed by atoms with Gasteiger partial charge in [0.25, 0.3) is 0 Å². The molecule has 3 rings (SSSR count). The summed E-state index contributed by atoms with van der Waals surface area (Å²) in [6.07, 6.45) is 2.68. The number of rotatable bonds is 2. The highest BCUT2D eigenvalue weighted by molar-refractivity contribution is 5.48. The molecule has 1 atom stereocenters. The third kappa shape index (κ3) is 2.10. The number of nitrogens with two attached hydrogens (primary N) is 1. The predicted molar refractivity (Wildman–Crippen MR) is 73.7 cm³/mol. The minimum atomic E-state index is 0.577. The van der Waals surface area contributed by atoms with Gasteiger partial charge in [-0.1, -0.05) is 6.07 Å². The maximum atomic E-state index is 5.84. The van der Waals surface area contributed by atoms with Crippen LogP contribution < -0.4 is 10.6 Å². The van der Waals surface area contributed by atoms with Crippen molar-refractivity contribution in [3.8, 4) is 0 Å². The van der Waals surface area contributed by atoms with Gasteiger partial charge in [-0.25, -0.2) is 4.98 Å². The van der Waals surface area contributed by atoms with Crippen LogP contribution in [0.25, 0.3) is 0 Å². The van der Waals surface area contributed by atoms with Crippen LogP contribution in [0.5, 0.6) is 0 Å². The molecule has 2 fully saturated rings. The number of hydrogen-bond acceptors (Lipinski definition) is 4. The third-order valence-corrected chi connectivity index (χ3v) is 4.20. The van der Waals surface area contributed by atoms with Crippen molar-refractivity contribution < 1.29 is 0 Å². The van der Waals surface area contributed by atoms with Gasteiger partial charge in [0.1, 0.15) is 5.82 Å². The van der Waals surface area contributed by atoms with Crippen molar-refractivity contribution in [1.29, 1.82) is 0 Å². The summed E-state index contributed by atoms with van der Waals surface area (Å²) in [6.45, 7) is 7.28. The zero-order valence-corrected chi connectivity index (χ0v) is 11.1. The Kier molecular flexibility index (Phi) is 3.22. The smallest absolute Gasteiger partial charge is 0.133 e. The van der Waals surface area contributed by atoms with Crippen molar-refractivity contribution >= 4 is 5.82 Å². The number of anilines is 1. The van der Waals surface area contributed by atoms with E-state index >= 15 is 0 Å². The van der Waals surface area contributed by atoms with E-state index in [1.165, 1.54) is 31.5 Å². The lowest BCUT2D eigenvalue weighted by Gasteiger charge is -2.38. The molecule has 0 amide bonds. The van der Waals surface area contributed by atoms with E-state index in [0.717, 1.165) is 30.6 Å². The van der Waals surface area contributed by atoms with Crippen LogP contribution in [0.4, 0.5) is 5.82 Å². The van der Waals surface area contributed by atoms with Crippen molar-refractivity contribution in [2.45, 2.75) is 32.4 Å². The maximum Gasteiger partial charge on any atom is 0.133 e. The molecule has 4 heteroatoms. The van der Waals surface area contributed by atoms with Crippen LogP contribution in [0.1, 0.15) is 24.1 Å². The fraction of sp³-hybridized carbons (Fsp3) is 0.643. The maximum absolute atomic E-state index is 5.84. The molecular weight excluding hydrogens is 224 g/mol. The number of aromatic nitrogens is 1. The van der Waals surface area contributed by atoms with Gasteiger partial charge in [-0.15, -0.1) is 0 Å². The lowest BCUT2D eigenvalue weighted by Crippen LogP contribution is -2.50. The van der Waals surface area contributed by atoms with Crippen LogP contribution in [0.15, 0.2) is 12.1 Å². The van der Waals surface area contributed by atoms with Crippen molar-refractivity contribution in [1.82, 2.24) is 9.88 Å². The molecule has 4 nitrogen and oxygen atoms in total. The average molecular weight is 246 g/mol. The summed E-state index contributed by atoms with van der Waals surface area (Å²) in [5.74, 6) is 1.11. The van der Waals surface area contributed by atoms with Crippen molar-refractivity contribution in [2.24, 2.45) is 5.73 Å². The molecule has 1 aromatic rings. The molecule has 0 radical (unpaired) electrons. The molecule has 18 heavy (non-hydrogen) atoms. The summed E-state index contributed by atoms with van der Waals surface area (Å²) >= 11 is 0. The molecule has 0 spiro atoms. The van der Waals surface area contributed by atoms with E-state index in [1.54, 1.807) is 0 Å². The highest BCUT2D eigenvalue weighted by Gasteiger charge is 2.31. The van der Waals surface area contributed by atoms with Crippen LogP contribution in [0.2, 0.25) is 0 Å². The molecule has 3 heterocycles. The summed E-state index contributed by atoms with van der Waals surface area (Å²) in [4.78, 5) is 9.76. The summed E-state index contributed by atoms with van der Waals surface area (Å²) in [5, 5.41) is 0. The van der Waals surface area contributed by atoms with Gasteiger partial charge in [0.2, 0.25) is 0 Å². The van der Waals surface area contributed by atoms with Crippen molar-refractivity contribution in [2.75, 3.05) is 31.1 Å². The minimum absolute atomic E-state index is 0.577. The Morgan fingerprint density at radius 2 is 2.22 bits per heavy atom. The highest BCUT2D eigenvalue weighted by atomic mass is 15.3. The molecule has 0 bridgehead atoms. The molecule has 0 aliphatic carbocycles. The van der Waals surface area contributed by atoms with Crippen LogP contribution in [0.3, 0.4) is 0 Å². The Balaban J connectivity index is 1.84. The molecule has 2 N–H and O–H groups in total. The average Bonchev–Trinajstić information content (AvgIpc) is 2.85. The molecule has 2 saturated heterocycles. The molecule has 1 unspecified atom stereocenters. The molecule has 98 valence electrons. The Morgan fingerprint density at radius 3 is 3.06 bits per heavy atom. The summed E-state index contributed by atoms with van der Waals surface area (Å²) in [7, 11) is 0. The van der Waals surface area contributed by atoms with Crippen LogP contribution >= 0.6 is 0 Å². The second kappa shape index (κ2) is 4.86. The van der Waals surface area contributed by atoms with Gasteiger partial charge in [0.15, 0.2) is 0 Å². The first-order chi connectivity index (χ1) is 8.78. The number of fused-ring (bicyclic) bond motifs is 1. The zero-order chi connectivity index (χ0) is 12.5. The second-order valence-corrected chi connectivity index (χ2v) is 5.42. The van der Waals surface area contributed by atoms with Gasteiger partial charge in [-0.05, 0) is 32.4 Å². The standard InChI is InChI=1S/C14H22N4/c1-11-4-5-12(9-15)14(16-11)18-8-7-17-6-2-3-13(17)10-18/h4-5,13H,2-3,6-10,15H2,1H3. The number of aryl methyl sites for hydroxylation is 1. The van der Waals surface area contributed by atoms with Crippen LogP contribution in [0, 0.1) is 6.92 Å². The molecule has 2 aliphatic rings. The van der Waals surface area contributed by atoms with Gasteiger partial charge < -0.3 is 10.6 Å². The SMILES string of the molecule is Cc1ccc(CN)c(N2CCN3CCCC3C2)n1. The number of nitrogens with zero attached hydrogens (tertiary/aromatic N) is 3. The summed E-state index contributed by atoms with van der Waals surface area (Å²) in [5.41, 5.74) is 8.09. The third-order valence-electron chi connectivity index (χ3n) is 4.20. The van der Waals surface area contributed by atoms with E-state index in [1.807, 2.05) is 0 Å². The zero-order valence-electron chi connectivity index (χ0n) is 11.1. The van der Waals surface area contributed by atoms with E-state index < -0.39 is 0 Å². The largest absolute Gasteiger partial charge is 0.353 e. The Bertz CT molecular complexity index is 432. The van der Waals surface area contributed by atoms with Crippen LogP contribution in [-0.2, 0) is 6.54 Å². The van der Waals surface area contributed by atoms with Gasteiger partial charge >= 0.3 is 0 Å². The van der Waals surface area contributed by atoms with Crippen molar-refractivity contribution in [3.05, 3.63) is 23.4 Å². The summed E-state index contributed by atoms with van der Waals surface area (Å²) < 4.78 is 0. The molecule has 0 saturated carbocycles. The first-order valence-corrected chi connectivity index (χ1v) is 6.93. The van der Waals surface area contributed by atoms with Crippen LogP contribution in [-0.4, -0.2) is 42.1 Å². The number of piperazine rings is 1. The normalized spacial score (nSPS) is 24.3. The quantitative estimate of drug-likeness (QED) is 0.850. The van der Waals surface area contributed by atoms with E-state index in [2.05, 4.69) is 28.9 Å². The topological polar surface area (TPSA) is 45.4 Å². The highest BCUT2D eigenvalue weighted by Crippen LogP contribution is 2.26. The van der Waals surface area contributed by atoms with E-state index in [0.29, 0.717) is 6.54 Å². The summed E-state index contributed by atoms with van der Waals surface area (Å²) in [6, 6.07) is 4.91. The monoisotopic (exact) mass is 246 g/mol. The number of hydrogen-bond donors (Lipinski definition) is 1. The van der Waals surface area contributed by atoms with Gasteiger partial charge in [0.05, 0.1) is 0 Å². The van der Waals surface area contributed by atoms with E-state index in [9.17, 15) is 0 Å². The predicted octanol–water partition coefficient (Wildman–Crippen LogP) is 1.13. The second-order valence-electron chi connectivity index (χ2n) is 5.42. The fourth-order valence-corrected chi connectivity index (χ4v) is 3.19. The molecule has 2 aliphatic heterocycles. The Labute approximate surface area is 109 Å². The first kappa shape index (κ1) is 11.9. The molecule has 1 aromatic heterocycles. The van der Waals surface area contributed by atoms with E-state index in [4.69, 9.17) is 10.7 Å².